The van der Waals surface area contributed by atoms with Gasteiger partial charge in [-0.2, -0.15) is 0 Å². The first-order valence-electron chi connectivity index (χ1n) is 5.53. The van der Waals surface area contributed by atoms with E-state index < -0.39 is 6.04 Å². The molecule has 0 bridgehead atoms. The lowest BCUT2D eigenvalue weighted by atomic mass is 10.0. The van der Waals surface area contributed by atoms with Gasteiger partial charge in [0.2, 0.25) is 11.8 Å². The number of carbonyl (C=O) groups excluding carboxylic acids is 2. The number of hydrogen-bond acceptors (Lipinski definition) is 3. The number of likely N-dealkylation sites (tertiary alicyclic amines) is 1. The number of carbonyl (C=O) groups is 2. The van der Waals surface area contributed by atoms with Gasteiger partial charge in [0.25, 0.3) is 0 Å². The van der Waals surface area contributed by atoms with Crippen LogP contribution in [0, 0.1) is 0 Å². The van der Waals surface area contributed by atoms with Crippen LogP contribution < -0.4 is 5.73 Å². The Morgan fingerprint density at radius 2 is 2.17 bits per heavy atom. The van der Waals surface area contributed by atoms with Gasteiger partial charge in [0.1, 0.15) is 0 Å². The summed E-state index contributed by atoms with van der Waals surface area (Å²) in [5.41, 5.74) is 6.39. The van der Waals surface area contributed by atoms with E-state index in [1.807, 2.05) is 6.07 Å². The monoisotopic (exact) mass is 330 g/mol. The molecule has 1 atom stereocenters. The molecule has 1 aliphatic rings. The number of imide groups is 1. The minimum Gasteiger partial charge on any atom is -0.320 e. The van der Waals surface area contributed by atoms with E-state index in [-0.39, 0.29) is 18.4 Å². The Bertz CT molecular complexity index is 507. The summed E-state index contributed by atoms with van der Waals surface area (Å²) in [5, 5.41) is 0.518. The van der Waals surface area contributed by atoms with E-state index in [1.165, 1.54) is 4.90 Å². The molecule has 1 heterocycles. The predicted octanol–water partition coefficient (Wildman–Crippen LogP) is 2.08. The summed E-state index contributed by atoms with van der Waals surface area (Å²) in [4.78, 5) is 24.8. The first-order chi connectivity index (χ1) is 8.49. The van der Waals surface area contributed by atoms with E-state index in [4.69, 9.17) is 17.3 Å². The number of nitrogens with zero attached hydrogens (tertiary/aromatic N) is 1. The summed E-state index contributed by atoms with van der Waals surface area (Å²) in [7, 11) is 0. The molecule has 2 N–H and O–H groups in total. The number of halogens is 2. The van der Waals surface area contributed by atoms with Crippen LogP contribution in [0.3, 0.4) is 0 Å². The van der Waals surface area contributed by atoms with E-state index in [2.05, 4.69) is 15.9 Å². The lowest BCUT2D eigenvalue weighted by molar-refractivity contribution is -0.149. The van der Waals surface area contributed by atoms with Crippen LogP contribution >= 0.6 is 27.5 Å². The molecule has 2 rings (SSSR count). The van der Waals surface area contributed by atoms with Crippen molar-refractivity contribution < 1.29 is 9.59 Å². The fraction of sp³-hybridized carbons (Fsp3) is 0.333. The number of benzene rings is 1. The van der Waals surface area contributed by atoms with Crippen molar-refractivity contribution in [2.24, 2.45) is 5.73 Å². The molecule has 96 valence electrons. The molecule has 0 aromatic heterocycles. The normalized spacial score (nSPS) is 20.4. The van der Waals surface area contributed by atoms with Crippen molar-refractivity contribution in [1.29, 1.82) is 0 Å². The standard InChI is InChI=1S/C12H12BrClN2O2/c13-8-2-1-7(9(14)5-8)6-16-11(17)4-3-10(15)12(16)18/h1-2,5,10H,3-4,6,15H2. The Balaban J connectivity index is 2.21. The van der Waals surface area contributed by atoms with E-state index in [0.29, 0.717) is 17.9 Å². The highest BCUT2D eigenvalue weighted by molar-refractivity contribution is 9.10. The average Bonchev–Trinajstić information content (AvgIpc) is 2.32. The topological polar surface area (TPSA) is 63.4 Å². The van der Waals surface area contributed by atoms with E-state index in [0.717, 1.165) is 10.0 Å². The molecule has 0 radical (unpaired) electrons. The molecular formula is C12H12BrClN2O2. The number of rotatable bonds is 2. The molecule has 1 fully saturated rings. The minimum absolute atomic E-state index is 0.178. The Labute approximate surface area is 118 Å². The molecule has 1 unspecified atom stereocenters. The molecule has 0 saturated carbocycles. The Hall–Kier alpha value is -0.910. The second-order valence-corrected chi connectivity index (χ2v) is 5.52. The molecule has 1 aliphatic heterocycles. The highest BCUT2D eigenvalue weighted by Gasteiger charge is 2.32. The van der Waals surface area contributed by atoms with Crippen molar-refractivity contribution in [2.75, 3.05) is 0 Å². The highest BCUT2D eigenvalue weighted by Crippen LogP contribution is 2.24. The summed E-state index contributed by atoms with van der Waals surface area (Å²) in [5.74, 6) is -0.522. The molecule has 1 aromatic rings. The number of hydrogen-bond donors (Lipinski definition) is 1. The summed E-state index contributed by atoms with van der Waals surface area (Å²) < 4.78 is 0.851. The van der Waals surface area contributed by atoms with Gasteiger partial charge in [-0.15, -0.1) is 0 Å². The minimum atomic E-state index is -0.586. The van der Waals surface area contributed by atoms with Crippen molar-refractivity contribution in [3.05, 3.63) is 33.3 Å². The lowest BCUT2D eigenvalue weighted by Gasteiger charge is -2.28. The maximum Gasteiger partial charge on any atom is 0.246 e. The third-order valence-corrected chi connectivity index (χ3v) is 3.74. The zero-order valence-corrected chi connectivity index (χ0v) is 11.9. The number of piperidine rings is 1. The molecule has 1 aromatic carbocycles. The average molecular weight is 332 g/mol. The van der Waals surface area contributed by atoms with Crippen molar-refractivity contribution in [2.45, 2.75) is 25.4 Å². The molecular weight excluding hydrogens is 320 g/mol. The van der Waals surface area contributed by atoms with Crippen molar-refractivity contribution in [1.82, 2.24) is 4.90 Å². The van der Waals surface area contributed by atoms with Crippen LogP contribution in [0.25, 0.3) is 0 Å². The van der Waals surface area contributed by atoms with Crippen LogP contribution in [0.5, 0.6) is 0 Å². The van der Waals surface area contributed by atoms with Crippen LogP contribution in [-0.2, 0) is 16.1 Å². The Morgan fingerprint density at radius 1 is 1.44 bits per heavy atom. The smallest absolute Gasteiger partial charge is 0.246 e. The van der Waals surface area contributed by atoms with Crippen LogP contribution in [-0.4, -0.2) is 22.8 Å². The van der Waals surface area contributed by atoms with Gasteiger partial charge in [0.15, 0.2) is 0 Å². The zero-order chi connectivity index (χ0) is 13.3. The van der Waals surface area contributed by atoms with Crippen molar-refractivity contribution >= 4 is 39.3 Å². The van der Waals surface area contributed by atoms with Gasteiger partial charge in [-0.3, -0.25) is 14.5 Å². The third kappa shape index (κ3) is 2.74. The fourth-order valence-corrected chi connectivity index (χ4v) is 2.58. The molecule has 6 heteroatoms. The van der Waals surface area contributed by atoms with Gasteiger partial charge < -0.3 is 5.73 Å². The molecule has 4 nitrogen and oxygen atoms in total. The van der Waals surface area contributed by atoms with Gasteiger partial charge >= 0.3 is 0 Å². The van der Waals surface area contributed by atoms with Crippen molar-refractivity contribution in [3.8, 4) is 0 Å². The summed E-state index contributed by atoms with van der Waals surface area (Å²) >= 11 is 9.37. The van der Waals surface area contributed by atoms with Gasteiger partial charge in [-0.05, 0) is 24.1 Å². The maximum absolute atomic E-state index is 11.8. The van der Waals surface area contributed by atoms with E-state index in [1.54, 1.807) is 12.1 Å². The number of nitrogens with two attached hydrogens (primary N) is 1. The second kappa shape index (κ2) is 5.38. The fourth-order valence-electron chi connectivity index (χ4n) is 1.85. The van der Waals surface area contributed by atoms with Gasteiger partial charge in [-0.1, -0.05) is 33.6 Å². The van der Waals surface area contributed by atoms with Gasteiger partial charge in [-0.25, -0.2) is 0 Å². The molecule has 18 heavy (non-hydrogen) atoms. The van der Waals surface area contributed by atoms with Crippen LogP contribution in [0.15, 0.2) is 22.7 Å². The van der Waals surface area contributed by atoms with Gasteiger partial charge in [0, 0.05) is 15.9 Å². The van der Waals surface area contributed by atoms with Crippen molar-refractivity contribution in [3.63, 3.8) is 0 Å². The molecule has 2 amide bonds. The third-order valence-electron chi connectivity index (χ3n) is 2.90. The first kappa shape index (κ1) is 13.5. The second-order valence-electron chi connectivity index (χ2n) is 4.20. The van der Waals surface area contributed by atoms with Crippen LogP contribution in [0.4, 0.5) is 0 Å². The summed E-state index contributed by atoms with van der Waals surface area (Å²) in [6.07, 6.45) is 0.725. The number of amides is 2. The quantitative estimate of drug-likeness (QED) is 0.844. The largest absolute Gasteiger partial charge is 0.320 e. The molecule has 0 aliphatic carbocycles. The van der Waals surface area contributed by atoms with Crippen LogP contribution in [0.1, 0.15) is 18.4 Å². The Kier molecular flexibility index (Phi) is 4.04. The highest BCUT2D eigenvalue weighted by atomic mass is 79.9. The molecule has 0 spiro atoms. The predicted molar refractivity (Wildman–Crippen MR) is 71.9 cm³/mol. The lowest BCUT2D eigenvalue weighted by Crippen LogP contribution is -2.50. The molecule has 1 saturated heterocycles. The maximum atomic E-state index is 11.8. The SMILES string of the molecule is NC1CCC(=O)N(Cc2ccc(Br)cc2Cl)C1=O. The Morgan fingerprint density at radius 3 is 2.83 bits per heavy atom. The summed E-state index contributed by atoms with van der Waals surface area (Å²) in [6, 6.07) is 4.75. The van der Waals surface area contributed by atoms with E-state index >= 15 is 0 Å². The van der Waals surface area contributed by atoms with Crippen LogP contribution in [0.2, 0.25) is 5.02 Å². The first-order valence-corrected chi connectivity index (χ1v) is 6.70. The summed E-state index contributed by atoms with van der Waals surface area (Å²) in [6.45, 7) is 0.178. The van der Waals surface area contributed by atoms with Gasteiger partial charge in [0.05, 0.1) is 12.6 Å². The van der Waals surface area contributed by atoms with E-state index in [9.17, 15) is 9.59 Å². The zero-order valence-electron chi connectivity index (χ0n) is 9.53.